The summed E-state index contributed by atoms with van der Waals surface area (Å²) in [6.45, 7) is 2.20. The van der Waals surface area contributed by atoms with Gasteiger partial charge in [-0.3, -0.25) is 0 Å². The van der Waals surface area contributed by atoms with Crippen molar-refractivity contribution in [2.75, 3.05) is 0 Å². The molecule has 2 aromatic carbocycles. The quantitative estimate of drug-likeness (QED) is 0.173. The molecule has 0 saturated heterocycles. The van der Waals surface area contributed by atoms with E-state index in [1.54, 1.807) is 0 Å². The Morgan fingerprint density at radius 1 is 0.686 bits per heavy atom. The van der Waals surface area contributed by atoms with E-state index in [4.69, 9.17) is 4.74 Å². The molecule has 2 rings (SSSR count). The number of unbranched alkanes of at least 4 members (excludes halogenated alkanes) is 9. The Kier molecular flexibility index (Phi) is 17.6. The van der Waals surface area contributed by atoms with E-state index in [9.17, 15) is 25.9 Å². The third kappa shape index (κ3) is 12.9. The molecule has 0 unspecified atom stereocenters. The van der Waals surface area contributed by atoms with E-state index in [1.165, 1.54) is 68.9 Å². The fourth-order valence-electron chi connectivity index (χ4n) is 3.71. The van der Waals surface area contributed by atoms with Crippen molar-refractivity contribution >= 4 is 20.2 Å². The summed E-state index contributed by atoms with van der Waals surface area (Å²) in [5, 5.41) is 0. The van der Waals surface area contributed by atoms with Gasteiger partial charge in [0.1, 0.15) is 31.7 Å². The Morgan fingerprint density at radius 3 is 1.74 bits per heavy atom. The zero-order valence-electron chi connectivity index (χ0n) is 21.0. The minimum absolute atomic E-state index is 0. The Hall–Kier alpha value is 0.0600. The molecule has 0 amide bonds. The van der Waals surface area contributed by atoms with Gasteiger partial charge in [-0.1, -0.05) is 82.9 Å². The molecule has 2 aromatic rings. The number of hydrogen-bond donors (Lipinski definition) is 0. The SMILES string of the molecule is CCCCCCCCCCCCc1ccc(Oc2ccccc2S(=O)(=O)[O-])cc1S(=O)(=O)[O-].[Na+].[Na+]. The van der Waals surface area contributed by atoms with Gasteiger partial charge in [0, 0.05) is 0 Å². The van der Waals surface area contributed by atoms with Gasteiger partial charge < -0.3 is 13.8 Å². The van der Waals surface area contributed by atoms with Crippen molar-refractivity contribution in [2.45, 2.75) is 87.3 Å². The monoisotopic (exact) mass is 542 g/mol. The number of ether oxygens (including phenoxy) is 1. The molecule has 35 heavy (non-hydrogen) atoms. The molecule has 0 aromatic heterocycles. The van der Waals surface area contributed by atoms with Crippen molar-refractivity contribution in [1.82, 2.24) is 0 Å². The zero-order valence-corrected chi connectivity index (χ0v) is 26.6. The van der Waals surface area contributed by atoms with Gasteiger partial charge in [-0.15, -0.1) is 0 Å². The van der Waals surface area contributed by atoms with Gasteiger partial charge in [-0.2, -0.15) is 0 Å². The first-order valence-electron chi connectivity index (χ1n) is 11.4. The first-order valence-corrected chi connectivity index (χ1v) is 14.3. The summed E-state index contributed by atoms with van der Waals surface area (Å²) in [6.07, 6.45) is 11.9. The van der Waals surface area contributed by atoms with E-state index < -0.39 is 30.0 Å². The molecule has 0 fully saturated rings. The number of aryl methyl sites for hydroxylation is 1. The van der Waals surface area contributed by atoms with E-state index in [2.05, 4.69) is 6.92 Å². The molecular weight excluding hydrogens is 510 g/mol. The van der Waals surface area contributed by atoms with Gasteiger partial charge >= 0.3 is 59.1 Å². The van der Waals surface area contributed by atoms with Gasteiger partial charge in [0.2, 0.25) is 0 Å². The smallest absolute Gasteiger partial charge is 0.744 e. The zero-order chi connectivity index (χ0) is 24.3. The summed E-state index contributed by atoms with van der Waals surface area (Å²) in [4.78, 5) is -0.954. The standard InChI is InChI=1S/C24H34O7S2.2Na/c1-2-3-4-5-6-7-8-9-10-11-14-20-17-18-21(19-24(20)33(28,29)30)31-22-15-12-13-16-23(22)32(25,26)27;;/h12-13,15-19H,2-11,14H2,1H3,(H,25,26,27)(H,28,29,30);;/q;2*+1/p-2. The van der Waals surface area contributed by atoms with E-state index in [0.29, 0.717) is 12.0 Å². The molecule has 184 valence electrons. The van der Waals surface area contributed by atoms with Crippen LogP contribution in [-0.2, 0) is 26.7 Å². The second-order valence-electron chi connectivity index (χ2n) is 8.16. The number of hydrogen-bond acceptors (Lipinski definition) is 7. The summed E-state index contributed by atoms with van der Waals surface area (Å²) < 4.78 is 75.1. The molecule has 0 bridgehead atoms. The third-order valence-electron chi connectivity index (χ3n) is 5.45. The van der Waals surface area contributed by atoms with E-state index in [0.717, 1.165) is 37.8 Å². The Bertz CT molecular complexity index is 1100. The molecule has 7 nitrogen and oxygen atoms in total. The van der Waals surface area contributed by atoms with Gasteiger partial charge in [0.05, 0.1) is 9.79 Å². The van der Waals surface area contributed by atoms with Crippen LogP contribution in [0.5, 0.6) is 11.5 Å². The van der Waals surface area contributed by atoms with Crippen molar-refractivity contribution in [3.05, 3.63) is 48.0 Å². The number of rotatable bonds is 15. The maximum atomic E-state index is 11.8. The van der Waals surface area contributed by atoms with Crippen LogP contribution in [0, 0.1) is 0 Å². The normalized spacial score (nSPS) is 11.4. The predicted octanol–water partition coefficient (Wildman–Crippen LogP) is -0.241. The molecule has 0 spiro atoms. The van der Waals surface area contributed by atoms with Crippen LogP contribution in [0.25, 0.3) is 0 Å². The summed E-state index contributed by atoms with van der Waals surface area (Å²) in [6, 6.07) is 9.30. The first-order chi connectivity index (χ1) is 15.6. The summed E-state index contributed by atoms with van der Waals surface area (Å²) in [5.74, 6) is -0.267. The van der Waals surface area contributed by atoms with Crippen molar-refractivity contribution in [1.29, 1.82) is 0 Å². The van der Waals surface area contributed by atoms with Gasteiger partial charge in [-0.05, 0) is 42.7 Å². The summed E-state index contributed by atoms with van der Waals surface area (Å²) >= 11 is 0. The fourth-order valence-corrected chi connectivity index (χ4v) is 5.06. The molecule has 0 aliphatic heterocycles. The molecule has 0 aliphatic rings. The average Bonchev–Trinajstić information content (AvgIpc) is 2.75. The maximum Gasteiger partial charge on any atom is 1.00 e. The van der Waals surface area contributed by atoms with Crippen LogP contribution in [0.4, 0.5) is 0 Å². The molecule has 0 N–H and O–H groups in total. The van der Waals surface area contributed by atoms with Crippen molar-refractivity contribution in [3.8, 4) is 11.5 Å². The fraction of sp³-hybridized carbons (Fsp3) is 0.500. The molecule has 0 heterocycles. The van der Waals surface area contributed by atoms with Crippen LogP contribution in [0.1, 0.15) is 76.7 Å². The average molecular weight is 543 g/mol. The van der Waals surface area contributed by atoms with Gasteiger partial charge in [0.25, 0.3) is 0 Å². The molecule has 11 heteroatoms. The molecular formula is C24H32Na2O7S2. The predicted molar refractivity (Wildman–Crippen MR) is 124 cm³/mol. The Morgan fingerprint density at radius 2 is 1.20 bits per heavy atom. The molecule has 0 aliphatic carbocycles. The first kappa shape index (κ1) is 35.1. The summed E-state index contributed by atoms with van der Waals surface area (Å²) in [5.41, 5.74) is 0.404. The number of para-hydroxylation sites is 1. The molecule has 0 saturated carbocycles. The van der Waals surface area contributed by atoms with E-state index >= 15 is 0 Å². The Labute approximate surface area is 254 Å². The van der Waals surface area contributed by atoms with Crippen LogP contribution in [0.2, 0.25) is 0 Å². The summed E-state index contributed by atoms with van der Waals surface area (Å²) in [7, 11) is -9.54. The van der Waals surface area contributed by atoms with Crippen LogP contribution in [0.3, 0.4) is 0 Å². The van der Waals surface area contributed by atoms with Gasteiger partial charge in [-0.25, -0.2) is 16.8 Å². The Balaban J connectivity index is 0.00000578. The minimum atomic E-state index is -4.78. The van der Waals surface area contributed by atoms with Crippen LogP contribution < -0.4 is 63.9 Å². The number of benzene rings is 2. The van der Waals surface area contributed by atoms with Crippen molar-refractivity contribution < 1.29 is 89.8 Å². The molecule has 0 radical (unpaired) electrons. The molecule has 0 atom stereocenters. The largest absolute Gasteiger partial charge is 1.00 e. The van der Waals surface area contributed by atoms with Crippen molar-refractivity contribution in [3.63, 3.8) is 0 Å². The maximum absolute atomic E-state index is 11.8. The van der Waals surface area contributed by atoms with E-state index in [1.807, 2.05) is 0 Å². The van der Waals surface area contributed by atoms with Crippen molar-refractivity contribution in [2.24, 2.45) is 0 Å². The third-order valence-corrected chi connectivity index (χ3v) is 7.25. The second kappa shape index (κ2) is 17.5. The minimum Gasteiger partial charge on any atom is -0.744 e. The van der Waals surface area contributed by atoms with Gasteiger partial charge in [0.15, 0.2) is 0 Å². The van der Waals surface area contributed by atoms with Crippen LogP contribution in [-0.4, -0.2) is 25.9 Å². The topological polar surface area (TPSA) is 124 Å². The second-order valence-corrected chi connectivity index (χ2v) is 10.9. The van der Waals surface area contributed by atoms with E-state index in [-0.39, 0.29) is 70.6 Å². The van der Waals surface area contributed by atoms with Crippen LogP contribution >= 0.6 is 0 Å². The van der Waals surface area contributed by atoms with Crippen LogP contribution in [0.15, 0.2) is 52.3 Å².